The Labute approximate surface area is 130 Å². The lowest BCUT2D eigenvalue weighted by molar-refractivity contribution is -0.163. The molecule has 2 heterocycles. The number of aromatic nitrogens is 2. The molecule has 1 aliphatic heterocycles. The van der Waals surface area contributed by atoms with Crippen LogP contribution in [0.2, 0.25) is 0 Å². The molecule has 0 atom stereocenters. The molecule has 1 aliphatic carbocycles. The number of nitrogens with zero attached hydrogens (tertiary/aromatic N) is 2. The molecule has 22 heavy (non-hydrogen) atoms. The van der Waals surface area contributed by atoms with E-state index in [0.717, 1.165) is 30.5 Å². The van der Waals surface area contributed by atoms with Gasteiger partial charge in [-0.2, -0.15) is 5.10 Å². The zero-order chi connectivity index (χ0) is 15.8. The van der Waals surface area contributed by atoms with Crippen LogP contribution in [0.5, 0.6) is 0 Å². The van der Waals surface area contributed by atoms with Crippen molar-refractivity contribution in [2.75, 3.05) is 19.8 Å². The summed E-state index contributed by atoms with van der Waals surface area (Å²) in [5.74, 6) is -0.639. The van der Waals surface area contributed by atoms with Crippen LogP contribution in [-0.2, 0) is 38.4 Å². The highest BCUT2D eigenvalue weighted by Crippen LogP contribution is 2.35. The normalized spacial score (nSPS) is 20.1. The predicted molar refractivity (Wildman–Crippen MR) is 79.3 cm³/mol. The first kappa shape index (κ1) is 15.5. The van der Waals surface area contributed by atoms with Crippen molar-refractivity contribution in [1.82, 2.24) is 9.78 Å². The molecule has 0 radical (unpaired) electrons. The number of carbonyl (C=O) groups is 1. The monoisotopic (exact) mass is 308 g/mol. The number of ether oxygens (including phenoxy) is 3. The molecular weight excluding hydrogens is 284 g/mol. The molecule has 0 bridgehead atoms. The van der Waals surface area contributed by atoms with Crippen molar-refractivity contribution in [2.45, 2.75) is 52.4 Å². The van der Waals surface area contributed by atoms with Crippen molar-refractivity contribution in [2.24, 2.45) is 5.41 Å². The highest BCUT2D eigenvalue weighted by molar-refractivity contribution is 5.75. The first-order valence-electron chi connectivity index (χ1n) is 7.94. The Morgan fingerprint density at radius 1 is 1.45 bits per heavy atom. The van der Waals surface area contributed by atoms with Crippen LogP contribution in [0.15, 0.2) is 6.20 Å². The van der Waals surface area contributed by atoms with E-state index >= 15 is 0 Å². The summed E-state index contributed by atoms with van der Waals surface area (Å²) < 4.78 is 18.6. The smallest absolute Gasteiger partial charge is 0.313 e. The molecule has 0 unspecified atom stereocenters. The minimum absolute atomic E-state index is 0.192. The average molecular weight is 308 g/mol. The van der Waals surface area contributed by atoms with Gasteiger partial charge in [0.15, 0.2) is 5.79 Å². The summed E-state index contributed by atoms with van der Waals surface area (Å²) >= 11 is 0. The Balaban J connectivity index is 1.73. The largest absolute Gasteiger partial charge is 0.466 e. The average Bonchev–Trinajstić information content (AvgIpc) is 3.05. The van der Waals surface area contributed by atoms with Gasteiger partial charge in [-0.1, -0.05) is 0 Å². The van der Waals surface area contributed by atoms with Crippen LogP contribution < -0.4 is 0 Å². The second kappa shape index (κ2) is 5.66. The number of fused-ring (bicyclic) bond motifs is 1. The maximum atomic E-state index is 12.0. The van der Waals surface area contributed by atoms with Crippen LogP contribution in [-0.4, -0.2) is 41.4 Å². The van der Waals surface area contributed by atoms with E-state index in [1.165, 1.54) is 0 Å². The highest BCUT2D eigenvalue weighted by atomic mass is 16.7. The van der Waals surface area contributed by atoms with Gasteiger partial charge >= 0.3 is 5.97 Å². The zero-order valence-corrected chi connectivity index (χ0v) is 13.6. The minimum Gasteiger partial charge on any atom is -0.466 e. The number of carbonyl (C=O) groups excluding carboxylic acids is 1. The summed E-state index contributed by atoms with van der Waals surface area (Å²) in [6.45, 7) is 7.83. The summed E-state index contributed by atoms with van der Waals surface area (Å²) in [5.41, 5.74) is 1.65. The number of hydrogen-bond acceptors (Lipinski definition) is 5. The third-order valence-electron chi connectivity index (χ3n) is 4.33. The molecule has 3 rings (SSSR count). The van der Waals surface area contributed by atoms with Crippen LogP contribution in [0.3, 0.4) is 0 Å². The molecule has 6 nitrogen and oxygen atoms in total. The molecule has 1 aromatic heterocycles. The fourth-order valence-electron chi connectivity index (χ4n) is 3.17. The molecule has 0 amide bonds. The molecular formula is C16H24N2O4. The lowest BCUT2D eigenvalue weighted by Gasteiger charge is -2.30. The summed E-state index contributed by atoms with van der Waals surface area (Å²) in [7, 11) is 0. The summed E-state index contributed by atoms with van der Waals surface area (Å²) in [5, 5.41) is 4.63. The summed E-state index contributed by atoms with van der Waals surface area (Å²) in [4.78, 5) is 12.0. The van der Waals surface area contributed by atoms with Crippen LogP contribution >= 0.6 is 0 Å². The predicted octanol–water partition coefficient (Wildman–Crippen LogP) is 1.70. The first-order chi connectivity index (χ1) is 10.4. The lowest BCUT2D eigenvalue weighted by Crippen LogP contribution is -2.36. The second-order valence-electron chi connectivity index (χ2n) is 6.69. The topological polar surface area (TPSA) is 62.6 Å². The summed E-state index contributed by atoms with van der Waals surface area (Å²) in [6.07, 6.45) is 4.45. The zero-order valence-electron chi connectivity index (χ0n) is 13.6. The minimum atomic E-state index is -0.595. The van der Waals surface area contributed by atoms with E-state index in [0.29, 0.717) is 26.4 Å². The van der Waals surface area contributed by atoms with Crippen molar-refractivity contribution in [3.05, 3.63) is 17.5 Å². The van der Waals surface area contributed by atoms with E-state index < -0.39 is 11.2 Å². The Hall–Kier alpha value is -1.40. The van der Waals surface area contributed by atoms with Gasteiger partial charge in [-0.05, 0) is 32.8 Å². The van der Waals surface area contributed by atoms with Gasteiger partial charge in [0.2, 0.25) is 0 Å². The van der Waals surface area contributed by atoms with Gasteiger partial charge in [0.1, 0.15) is 0 Å². The maximum absolute atomic E-state index is 12.0. The standard InChI is InChI=1S/C16H24N2O4/c1-4-20-14(19)15(2,3)11-18-10-12-9-16(21-7-8-22-16)6-5-13(12)17-18/h10H,4-9,11H2,1-3H3. The van der Waals surface area contributed by atoms with Crippen molar-refractivity contribution < 1.29 is 19.0 Å². The Morgan fingerprint density at radius 2 is 2.18 bits per heavy atom. The molecule has 1 fully saturated rings. The third kappa shape index (κ3) is 2.90. The van der Waals surface area contributed by atoms with Gasteiger partial charge in [0.25, 0.3) is 0 Å². The number of rotatable bonds is 4. The molecule has 1 spiro atoms. The Morgan fingerprint density at radius 3 is 2.86 bits per heavy atom. The molecule has 6 heteroatoms. The molecule has 1 aromatic rings. The van der Waals surface area contributed by atoms with Gasteiger partial charge in [-0.25, -0.2) is 0 Å². The van der Waals surface area contributed by atoms with E-state index in [1.807, 2.05) is 31.6 Å². The lowest BCUT2D eigenvalue weighted by atomic mass is 9.92. The van der Waals surface area contributed by atoms with E-state index in [-0.39, 0.29) is 5.97 Å². The quantitative estimate of drug-likeness (QED) is 0.792. The summed E-state index contributed by atoms with van der Waals surface area (Å²) in [6, 6.07) is 0. The number of aryl methyl sites for hydroxylation is 1. The molecule has 0 saturated carbocycles. The van der Waals surface area contributed by atoms with Crippen molar-refractivity contribution in [3.63, 3.8) is 0 Å². The second-order valence-corrected chi connectivity index (χ2v) is 6.69. The van der Waals surface area contributed by atoms with E-state index in [9.17, 15) is 4.79 Å². The maximum Gasteiger partial charge on any atom is 0.313 e. The van der Waals surface area contributed by atoms with Gasteiger partial charge in [0, 0.05) is 19.0 Å². The Kier molecular flexibility index (Phi) is 3.99. The fourth-order valence-corrected chi connectivity index (χ4v) is 3.17. The van der Waals surface area contributed by atoms with Gasteiger partial charge in [0.05, 0.1) is 37.5 Å². The van der Waals surface area contributed by atoms with E-state index in [1.54, 1.807) is 0 Å². The van der Waals surface area contributed by atoms with Gasteiger partial charge in [-0.3, -0.25) is 9.48 Å². The van der Waals surface area contributed by atoms with Crippen LogP contribution in [0, 0.1) is 5.41 Å². The van der Waals surface area contributed by atoms with Crippen molar-refractivity contribution in [3.8, 4) is 0 Å². The number of hydrogen-bond donors (Lipinski definition) is 0. The van der Waals surface area contributed by atoms with Crippen LogP contribution in [0.4, 0.5) is 0 Å². The molecule has 122 valence electrons. The molecule has 1 saturated heterocycles. The van der Waals surface area contributed by atoms with E-state index in [2.05, 4.69) is 5.10 Å². The third-order valence-corrected chi connectivity index (χ3v) is 4.33. The SMILES string of the molecule is CCOC(=O)C(C)(C)Cn1cc2c(n1)CCC1(C2)OCCO1. The van der Waals surface area contributed by atoms with Gasteiger partial charge < -0.3 is 14.2 Å². The van der Waals surface area contributed by atoms with Gasteiger partial charge in [-0.15, -0.1) is 0 Å². The van der Waals surface area contributed by atoms with E-state index in [4.69, 9.17) is 14.2 Å². The van der Waals surface area contributed by atoms with Crippen LogP contribution in [0.25, 0.3) is 0 Å². The Bertz CT molecular complexity index is 558. The van der Waals surface area contributed by atoms with Crippen LogP contribution in [0.1, 0.15) is 38.4 Å². The fraction of sp³-hybridized carbons (Fsp3) is 0.750. The number of esters is 1. The molecule has 2 aliphatic rings. The highest BCUT2D eigenvalue weighted by Gasteiger charge is 2.41. The molecule has 0 aromatic carbocycles. The first-order valence-corrected chi connectivity index (χ1v) is 7.94. The molecule has 0 N–H and O–H groups in total. The van der Waals surface area contributed by atoms with Crippen molar-refractivity contribution >= 4 is 5.97 Å². The van der Waals surface area contributed by atoms with Crippen molar-refractivity contribution in [1.29, 1.82) is 0 Å².